The maximum absolute atomic E-state index is 2.15. The third kappa shape index (κ3) is 7.52. The normalized spacial score (nSPS) is 6.73. The monoisotopic (exact) mass is 192 g/mol. The molecule has 0 aliphatic heterocycles. The number of rotatable bonds is 1. The second-order valence-corrected chi connectivity index (χ2v) is 2.24. The first-order chi connectivity index (χ1) is 3.93. The van der Waals surface area contributed by atoms with Crippen LogP contribution in [0.3, 0.4) is 0 Å². The molecule has 0 aromatic heterocycles. The summed E-state index contributed by atoms with van der Waals surface area (Å²) in [6.45, 7) is 0. The topological polar surface area (TPSA) is 0 Å². The molecular formula is C7H7Cl2LiMg. The Balaban J connectivity index is -0.000000213. The second-order valence-electron chi connectivity index (χ2n) is 1.74. The first-order valence-electron chi connectivity index (χ1n) is 2.76. The molecule has 0 spiro atoms. The van der Waals surface area contributed by atoms with Crippen molar-refractivity contribution in [1.82, 2.24) is 0 Å². The molecule has 0 aliphatic rings. The van der Waals surface area contributed by atoms with E-state index in [-0.39, 0.29) is 43.7 Å². The molecule has 0 radical (unpaired) electrons. The van der Waals surface area contributed by atoms with Crippen LogP contribution in [0.25, 0.3) is 0 Å². The molecule has 0 bridgehead atoms. The van der Waals surface area contributed by atoms with Gasteiger partial charge in [-0.15, -0.1) is 0 Å². The van der Waals surface area contributed by atoms with Gasteiger partial charge in [0.15, 0.2) is 0 Å². The van der Waals surface area contributed by atoms with Crippen LogP contribution in [0.5, 0.6) is 0 Å². The van der Waals surface area contributed by atoms with Crippen molar-refractivity contribution in [1.29, 1.82) is 0 Å². The minimum absolute atomic E-state index is 0. The molecule has 1 aromatic carbocycles. The summed E-state index contributed by atoms with van der Waals surface area (Å²) in [7, 11) is 0. The van der Waals surface area contributed by atoms with Crippen LogP contribution in [0.15, 0.2) is 30.3 Å². The number of hydrogen-bond donors (Lipinski definition) is 0. The van der Waals surface area contributed by atoms with Gasteiger partial charge in [-0.2, -0.15) is 0 Å². The van der Waals surface area contributed by atoms with Gasteiger partial charge in [0.25, 0.3) is 0 Å². The zero-order valence-electron chi connectivity index (χ0n) is 6.56. The standard InChI is InChI=1S/C7H7.2ClH.Li.Mg/c1-7-5-3-2-4-6-7;;;;/h2-6H,1H2;2*1H;;/q;;;2*+1/p-2. The Kier molecular flexibility index (Phi) is 18.3. The van der Waals surface area contributed by atoms with E-state index in [4.69, 9.17) is 0 Å². The van der Waals surface area contributed by atoms with E-state index in [0.717, 1.165) is 0 Å². The number of benzene rings is 1. The van der Waals surface area contributed by atoms with Crippen molar-refractivity contribution >= 4 is 21.7 Å². The molecule has 0 amide bonds. The van der Waals surface area contributed by atoms with Crippen LogP contribution in [-0.4, -0.2) is 21.7 Å². The first-order valence-corrected chi connectivity index (χ1v) is 3.76. The number of hydrogen-bond acceptors (Lipinski definition) is 0. The van der Waals surface area contributed by atoms with Crippen molar-refractivity contribution in [3.8, 4) is 0 Å². The molecule has 0 atom stereocenters. The molecule has 0 heterocycles. The van der Waals surface area contributed by atoms with Gasteiger partial charge in [0.05, 0.1) is 0 Å². The quantitative estimate of drug-likeness (QED) is 0.389. The Labute approximate surface area is 105 Å². The van der Waals surface area contributed by atoms with E-state index < -0.39 is 0 Å². The van der Waals surface area contributed by atoms with Gasteiger partial charge in [0, 0.05) is 0 Å². The summed E-state index contributed by atoms with van der Waals surface area (Å²) in [6.07, 6.45) is 0. The second kappa shape index (κ2) is 11.2. The Morgan fingerprint density at radius 3 is 1.73 bits per heavy atom. The molecule has 0 saturated heterocycles. The summed E-state index contributed by atoms with van der Waals surface area (Å²) in [6, 6.07) is 10.5. The maximum atomic E-state index is 2.15. The van der Waals surface area contributed by atoms with E-state index in [1.54, 1.807) is 0 Å². The zero-order valence-corrected chi connectivity index (χ0v) is 9.48. The van der Waals surface area contributed by atoms with E-state index in [0.29, 0.717) is 0 Å². The average molecular weight is 193 g/mol. The zero-order chi connectivity index (χ0) is 5.82. The summed E-state index contributed by atoms with van der Waals surface area (Å²) >= 11 is 1.98. The van der Waals surface area contributed by atoms with Gasteiger partial charge in [-0.05, 0) is 0 Å². The van der Waals surface area contributed by atoms with E-state index in [1.165, 1.54) is 10.1 Å². The van der Waals surface area contributed by atoms with E-state index in [9.17, 15) is 0 Å². The van der Waals surface area contributed by atoms with Crippen molar-refractivity contribution in [2.75, 3.05) is 0 Å². The van der Waals surface area contributed by atoms with Crippen LogP contribution in [0, 0.1) is 0 Å². The predicted octanol–water partition coefficient (Wildman–Crippen LogP) is -7.63. The Morgan fingerprint density at radius 2 is 1.45 bits per heavy atom. The molecule has 0 saturated carbocycles. The van der Waals surface area contributed by atoms with Gasteiger partial charge in [-0.3, -0.25) is 0 Å². The molecular weight excluding hydrogens is 186 g/mol. The fraction of sp³-hybridized carbons (Fsp3) is 0.143. The fourth-order valence-electron chi connectivity index (χ4n) is 0.645. The van der Waals surface area contributed by atoms with Gasteiger partial charge >= 0.3 is 81.0 Å². The SMILES string of the molecule is [Cl-].[Cl-].[Li+].[Mg+][CH2]c1ccccc1. The van der Waals surface area contributed by atoms with Crippen molar-refractivity contribution in [3.05, 3.63) is 35.9 Å². The summed E-state index contributed by atoms with van der Waals surface area (Å²) in [5, 5.41) is 0. The Morgan fingerprint density at radius 1 is 1.00 bits per heavy atom. The van der Waals surface area contributed by atoms with Crippen LogP contribution in [0.1, 0.15) is 5.56 Å². The summed E-state index contributed by atoms with van der Waals surface area (Å²) in [5.74, 6) is 0. The predicted molar refractivity (Wildman–Crippen MR) is 35.9 cm³/mol. The first kappa shape index (κ1) is 18.1. The van der Waals surface area contributed by atoms with E-state index in [1.807, 2.05) is 27.8 Å². The van der Waals surface area contributed by atoms with E-state index in [2.05, 4.69) is 24.3 Å². The van der Waals surface area contributed by atoms with Crippen LogP contribution in [0.2, 0.25) is 0 Å². The van der Waals surface area contributed by atoms with Crippen molar-refractivity contribution in [3.63, 3.8) is 0 Å². The molecule has 4 heteroatoms. The summed E-state index contributed by atoms with van der Waals surface area (Å²) < 4.78 is 1.17. The molecule has 11 heavy (non-hydrogen) atoms. The summed E-state index contributed by atoms with van der Waals surface area (Å²) in [4.78, 5) is 0. The molecule has 1 rings (SSSR count). The minimum atomic E-state index is 0. The third-order valence-corrected chi connectivity index (χ3v) is 1.71. The van der Waals surface area contributed by atoms with Gasteiger partial charge < -0.3 is 24.8 Å². The fourth-order valence-corrected chi connectivity index (χ4v) is 0.978. The molecule has 52 valence electrons. The van der Waals surface area contributed by atoms with Gasteiger partial charge in [0.1, 0.15) is 0 Å². The van der Waals surface area contributed by atoms with Gasteiger partial charge in [-0.25, -0.2) is 0 Å². The van der Waals surface area contributed by atoms with Crippen LogP contribution in [0.4, 0.5) is 0 Å². The molecule has 0 nitrogen and oxygen atoms in total. The summed E-state index contributed by atoms with van der Waals surface area (Å²) in [5.41, 5.74) is 1.42. The van der Waals surface area contributed by atoms with Crippen molar-refractivity contribution in [2.45, 2.75) is 4.55 Å². The molecule has 0 unspecified atom stereocenters. The van der Waals surface area contributed by atoms with Crippen LogP contribution >= 0.6 is 0 Å². The Bertz CT molecular complexity index is 158. The third-order valence-electron chi connectivity index (χ3n) is 1.13. The molecule has 0 N–H and O–H groups in total. The van der Waals surface area contributed by atoms with Gasteiger partial charge in [-0.1, -0.05) is 0 Å². The number of halogens is 2. The van der Waals surface area contributed by atoms with E-state index >= 15 is 0 Å². The average Bonchev–Trinajstić information content (AvgIpc) is 1.90. The Hall–Kier alpha value is 1.16. The molecule has 0 aliphatic carbocycles. The van der Waals surface area contributed by atoms with Crippen LogP contribution in [-0.2, 0) is 4.55 Å². The van der Waals surface area contributed by atoms with Crippen molar-refractivity contribution in [2.24, 2.45) is 0 Å². The van der Waals surface area contributed by atoms with Crippen LogP contribution < -0.4 is 43.7 Å². The molecule has 1 aromatic rings. The van der Waals surface area contributed by atoms with Gasteiger partial charge in [0.2, 0.25) is 0 Å². The molecule has 0 fully saturated rings. The van der Waals surface area contributed by atoms with Crippen molar-refractivity contribution < 1.29 is 43.7 Å².